The van der Waals surface area contributed by atoms with Crippen molar-refractivity contribution < 1.29 is 9.59 Å². The Morgan fingerprint density at radius 2 is 1.85 bits per heavy atom. The first kappa shape index (κ1) is 16.2. The minimum Gasteiger partial charge on any atom is -0.352 e. The number of nitrogens with zero attached hydrogens (tertiary/aromatic N) is 1. The molecule has 0 heterocycles. The van der Waals surface area contributed by atoms with Crippen molar-refractivity contribution in [1.82, 2.24) is 10.2 Å². The minimum atomic E-state index is -0.630. The quantitative estimate of drug-likeness (QED) is 0.797. The molecule has 0 fully saturated rings. The second-order valence-electron chi connectivity index (χ2n) is 5.21. The van der Waals surface area contributed by atoms with Crippen molar-refractivity contribution in [2.24, 2.45) is 5.73 Å². The zero-order chi connectivity index (χ0) is 15.1. The molecule has 0 bridgehead atoms. The molecule has 0 aromatic heterocycles. The summed E-state index contributed by atoms with van der Waals surface area (Å²) >= 11 is 0. The van der Waals surface area contributed by atoms with Gasteiger partial charge in [-0.2, -0.15) is 0 Å². The van der Waals surface area contributed by atoms with Crippen LogP contribution in [0.3, 0.4) is 0 Å². The first-order valence-corrected chi connectivity index (χ1v) is 6.74. The molecule has 5 nitrogen and oxygen atoms in total. The SMILES string of the molecule is CC(C)NC(=O)CN(C)C(=O)[C@@H](N)Cc1ccccc1. The number of hydrogen-bond donors (Lipinski definition) is 2. The Labute approximate surface area is 120 Å². The van der Waals surface area contributed by atoms with Gasteiger partial charge in [-0.25, -0.2) is 0 Å². The van der Waals surface area contributed by atoms with Crippen LogP contribution in [0.4, 0.5) is 0 Å². The summed E-state index contributed by atoms with van der Waals surface area (Å²) in [5, 5.41) is 2.74. The first-order valence-electron chi connectivity index (χ1n) is 6.74. The lowest BCUT2D eigenvalue weighted by atomic mass is 10.1. The molecule has 0 radical (unpaired) electrons. The fourth-order valence-corrected chi connectivity index (χ4v) is 1.90. The highest BCUT2D eigenvalue weighted by molar-refractivity contribution is 5.87. The molecule has 1 aromatic carbocycles. The van der Waals surface area contributed by atoms with Crippen molar-refractivity contribution in [1.29, 1.82) is 0 Å². The van der Waals surface area contributed by atoms with E-state index in [0.717, 1.165) is 5.56 Å². The second kappa shape index (κ2) is 7.65. The number of likely N-dealkylation sites (N-methyl/N-ethyl adjacent to an activating group) is 1. The van der Waals surface area contributed by atoms with Gasteiger partial charge in [-0.15, -0.1) is 0 Å². The summed E-state index contributed by atoms with van der Waals surface area (Å²) in [4.78, 5) is 25.1. The molecule has 0 unspecified atom stereocenters. The van der Waals surface area contributed by atoms with Crippen LogP contribution in [0.15, 0.2) is 30.3 Å². The van der Waals surface area contributed by atoms with E-state index in [0.29, 0.717) is 6.42 Å². The fourth-order valence-electron chi connectivity index (χ4n) is 1.90. The standard InChI is InChI=1S/C15H23N3O2/c1-11(2)17-14(19)10-18(3)15(20)13(16)9-12-7-5-4-6-8-12/h4-8,11,13H,9-10,16H2,1-3H3,(H,17,19)/t13-/m0/s1. The Bertz CT molecular complexity index is 446. The van der Waals surface area contributed by atoms with Crippen molar-refractivity contribution in [3.05, 3.63) is 35.9 Å². The third-order valence-corrected chi connectivity index (χ3v) is 2.82. The highest BCUT2D eigenvalue weighted by atomic mass is 16.2. The van der Waals surface area contributed by atoms with Gasteiger partial charge < -0.3 is 16.0 Å². The summed E-state index contributed by atoms with van der Waals surface area (Å²) in [6, 6.07) is 9.02. The maximum absolute atomic E-state index is 12.1. The fraction of sp³-hybridized carbons (Fsp3) is 0.467. The molecule has 0 aliphatic rings. The van der Waals surface area contributed by atoms with E-state index < -0.39 is 6.04 Å². The summed E-state index contributed by atoms with van der Waals surface area (Å²) in [5.74, 6) is -0.407. The normalized spacial score (nSPS) is 12.1. The van der Waals surface area contributed by atoms with E-state index in [2.05, 4.69) is 5.32 Å². The van der Waals surface area contributed by atoms with Gasteiger partial charge in [0.05, 0.1) is 12.6 Å². The Morgan fingerprint density at radius 1 is 1.25 bits per heavy atom. The van der Waals surface area contributed by atoms with E-state index in [1.165, 1.54) is 4.90 Å². The lowest BCUT2D eigenvalue weighted by Crippen LogP contribution is -2.47. The molecule has 5 heteroatoms. The van der Waals surface area contributed by atoms with Crippen LogP contribution >= 0.6 is 0 Å². The number of rotatable bonds is 6. The number of amides is 2. The van der Waals surface area contributed by atoms with Crippen molar-refractivity contribution in [3.8, 4) is 0 Å². The molecular weight excluding hydrogens is 254 g/mol. The molecule has 0 aliphatic heterocycles. The first-order chi connectivity index (χ1) is 9.40. The zero-order valence-electron chi connectivity index (χ0n) is 12.3. The molecular formula is C15H23N3O2. The van der Waals surface area contributed by atoms with E-state index in [4.69, 9.17) is 5.73 Å². The van der Waals surface area contributed by atoms with Crippen molar-refractivity contribution in [2.75, 3.05) is 13.6 Å². The summed E-state index contributed by atoms with van der Waals surface area (Å²) in [5.41, 5.74) is 6.91. The predicted molar refractivity (Wildman–Crippen MR) is 79.0 cm³/mol. The number of nitrogens with one attached hydrogen (secondary N) is 1. The lowest BCUT2D eigenvalue weighted by molar-refractivity contribution is -0.135. The highest BCUT2D eigenvalue weighted by Crippen LogP contribution is 2.03. The predicted octanol–water partition coefficient (Wildman–Crippen LogP) is 0.539. The molecule has 1 atom stereocenters. The minimum absolute atomic E-state index is 0.0273. The van der Waals surface area contributed by atoms with E-state index in [1.54, 1.807) is 7.05 Å². The Balaban J connectivity index is 2.49. The van der Waals surface area contributed by atoms with Gasteiger partial charge in [0.1, 0.15) is 0 Å². The average Bonchev–Trinajstić information content (AvgIpc) is 2.37. The second-order valence-corrected chi connectivity index (χ2v) is 5.21. The number of nitrogens with two attached hydrogens (primary N) is 1. The van der Waals surface area contributed by atoms with Gasteiger partial charge >= 0.3 is 0 Å². The van der Waals surface area contributed by atoms with Crippen LogP contribution in [-0.4, -0.2) is 42.4 Å². The van der Waals surface area contributed by atoms with Crippen molar-refractivity contribution in [3.63, 3.8) is 0 Å². The Morgan fingerprint density at radius 3 is 2.40 bits per heavy atom. The van der Waals surface area contributed by atoms with Gasteiger partial charge in [-0.05, 0) is 25.8 Å². The molecule has 1 rings (SSSR count). The molecule has 3 N–H and O–H groups in total. The van der Waals surface area contributed by atoms with E-state index in [1.807, 2.05) is 44.2 Å². The molecule has 110 valence electrons. The van der Waals surface area contributed by atoms with Gasteiger partial charge in [-0.1, -0.05) is 30.3 Å². The van der Waals surface area contributed by atoms with Crippen LogP contribution < -0.4 is 11.1 Å². The maximum Gasteiger partial charge on any atom is 0.240 e. The van der Waals surface area contributed by atoms with Crippen LogP contribution in [0, 0.1) is 0 Å². The monoisotopic (exact) mass is 277 g/mol. The highest BCUT2D eigenvalue weighted by Gasteiger charge is 2.20. The molecule has 0 saturated carbocycles. The van der Waals surface area contributed by atoms with Gasteiger partial charge in [0, 0.05) is 13.1 Å². The van der Waals surface area contributed by atoms with E-state index in [-0.39, 0.29) is 24.4 Å². The van der Waals surface area contributed by atoms with E-state index in [9.17, 15) is 9.59 Å². The number of benzene rings is 1. The Kier molecular flexibility index (Phi) is 6.18. The maximum atomic E-state index is 12.1. The molecule has 0 spiro atoms. The van der Waals surface area contributed by atoms with Crippen LogP contribution in [0.2, 0.25) is 0 Å². The molecule has 2 amide bonds. The van der Waals surface area contributed by atoms with Crippen LogP contribution in [0.25, 0.3) is 0 Å². The van der Waals surface area contributed by atoms with Crippen LogP contribution in [0.1, 0.15) is 19.4 Å². The van der Waals surface area contributed by atoms with Gasteiger partial charge in [0.15, 0.2) is 0 Å². The van der Waals surface area contributed by atoms with Gasteiger partial charge in [0.25, 0.3) is 0 Å². The molecule has 0 saturated heterocycles. The largest absolute Gasteiger partial charge is 0.352 e. The lowest BCUT2D eigenvalue weighted by Gasteiger charge is -2.21. The average molecular weight is 277 g/mol. The van der Waals surface area contributed by atoms with E-state index >= 15 is 0 Å². The Hall–Kier alpha value is -1.88. The van der Waals surface area contributed by atoms with Gasteiger partial charge in [0.2, 0.25) is 11.8 Å². The summed E-state index contributed by atoms with van der Waals surface area (Å²) in [6.45, 7) is 3.78. The smallest absolute Gasteiger partial charge is 0.240 e. The van der Waals surface area contributed by atoms with Gasteiger partial charge in [-0.3, -0.25) is 9.59 Å². The number of carbonyl (C=O) groups is 2. The zero-order valence-corrected chi connectivity index (χ0v) is 12.3. The third kappa shape index (κ3) is 5.40. The summed E-state index contributed by atoms with van der Waals surface area (Å²) in [7, 11) is 1.59. The topological polar surface area (TPSA) is 75.4 Å². The molecule has 1 aromatic rings. The molecule has 0 aliphatic carbocycles. The number of hydrogen-bond acceptors (Lipinski definition) is 3. The third-order valence-electron chi connectivity index (χ3n) is 2.82. The van der Waals surface area contributed by atoms with Crippen molar-refractivity contribution in [2.45, 2.75) is 32.4 Å². The number of carbonyl (C=O) groups excluding carboxylic acids is 2. The summed E-state index contributed by atoms with van der Waals surface area (Å²) in [6.07, 6.45) is 0.468. The van der Waals surface area contributed by atoms with Crippen molar-refractivity contribution >= 4 is 11.8 Å². The van der Waals surface area contributed by atoms with Crippen LogP contribution in [0.5, 0.6) is 0 Å². The molecule has 20 heavy (non-hydrogen) atoms. The van der Waals surface area contributed by atoms with Crippen LogP contribution in [-0.2, 0) is 16.0 Å². The summed E-state index contributed by atoms with van der Waals surface area (Å²) < 4.78 is 0.